The molecular formula is C25H29NO6. The van der Waals surface area contributed by atoms with Crippen LogP contribution in [0.15, 0.2) is 30.3 Å². The van der Waals surface area contributed by atoms with Gasteiger partial charge in [-0.05, 0) is 37.1 Å². The zero-order valence-electron chi connectivity index (χ0n) is 19.0. The number of methoxy groups -OCH3 is 2. The van der Waals surface area contributed by atoms with Crippen LogP contribution in [0.5, 0.6) is 23.0 Å². The van der Waals surface area contributed by atoms with Crippen molar-refractivity contribution >= 4 is 11.7 Å². The number of nitrogens with zero attached hydrogens (tertiary/aromatic N) is 1. The van der Waals surface area contributed by atoms with E-state index in [1.807, 2.05) is 26.0 Å². The van der Waals surface area contributed by atoms with E-state index in [1.54, 1.807) is 24.1 Å². The Labute approximate surface area is 188 Å². The highest BCUT2D eigenvalue weighted by Crippen LogP contribution is 2.44. The number of carbonyl (C=O) groups excluding carboxylic acids is 2. The molecule has 170 valence electrons. The van der Waals surface area contributed by atoms with Crippen molar-refractivity contribution in [3.8, 4) is 23.0 Å². The molecule has 0 radical (unpaired) electrons. The predicted molar refractivity (Wildman–Crippen MR) is 119 cm³/mol. The van der Waals surface area contributed by atoms with Crippen molar-refractivity contribution in [1.29, 1.82) is 0 Å². The summed E-state index contributed by atoms with van der Waals surface area (Å²) < 4.78 is 22.8. The van der Waals surface area contributed by atoms with Gasteiger partial charge in [-0.2, -0.15) is 0 Å². The number of ketones is 1. The van der Waals surface area contributed by atoms with Gasteiger partial charge in [-0.25, -0.2) is 0 Å². The quantitative estimate of drug-likeness (QED) is 0.707. The average Bonchev–Trinajstić information content (AvgIpc) is 2.76. The summed E-state index contributed by atoms with van der Waals surface area (Å²) in [7, 11) is 3.09. The zero-order valence-corrected chi connectivity index (χ0v) is 19.0. The van der Waals surface area contributed by atoms with Gasteiger partial charge in [0.2, 0.25) is 0 Å². The second kappa shape index (κ2) is 8.73. The fourth-order valence-electron chi connectivity index (χ4n) is 4.55. The molecule has 7 heteroatoms. The van der Waals surface area contributed by atoms with Crippen LogP contribution in [0, 0.1) is 13.8 Å². The molecular weight excluding hydrogens is 410 g/mol. The minimum absolute atomic E-state index is 0.00703. The number of hydrogen-bond donors (Lipinski definition) is 0. The van der Waals surface area contributed by atoms with E-state index in [1.165, 1.54) is 7.11 Å². The topological polar surface area (TPSA) is 74.3 Å². The smallest absolute Gasteiger partial charge is 0.260 e. The molecule has 2 aromatic rings. The van der Waals surface area contributed by atoms with E-state index in [4.69, 9.17) is 18.9 Å². The third-order valence-electron chi connectivity index (χ3n) is 6.17. The van der Waals surface area contributed by atoms with Crippen molar-refractivity contribution in [3.05, 3.63) is 47.0 Å². The maximum atomic E-state index is 13.0. The number of aryl methyl sites for hydroxylation is 2. The van der Waals surface area contributed by atoms with E-state index in [-0.39, 0.29) is 24.7 Å². The van der Waals surface area contributed by atoms with E-state index >= 15 is 0 Å². The number of Topliss-reactive ketones (excluding diaryl/α,β-unsaturated/α-hetero) is 1. The SMILES string of the molecule is COc1cc(OC)c2c(c1)OC1(CCN(C(=O)COc3cc(C)cc(C)c3)CC1)CC2=O. The van der Waals surface area contributed by atoms with Crippen LogP contribution in [0.4, 0.5) is 0 Å². The third kappa shape index (κ3) is 4.38. The van der Waals surface area contributed by atoms with E-state index in [0.29, 0.717) is 54.5 Å². The number of rotatable bonds is 5. The number of hydrogen-bond acceptors (Lipinski definition) is 6. The number of ether oxygens (including phenoxy) is 4. The lowest BCUT2D eigenvalue weighted by Gasteiger charge is -2.44. The minimum atomic E-state index is -0.618. The number of amides is 1. The molecule has 0 aromatic heterocycles. The van der Waals surface area contributed by atoms with Gasteiger partial charge in [0.1, 0.15) is 34.2 Å². The largest absolute Gasteiger partial charge is 0.496 e. The van der Waals surface area contributed by atoms with Crippen LogP contribution in [0.1, 0.15) is 40.7 Å². The lowest BCUT2D eigenvalue weighted by atomic mass is 9.82. The van der Waals surface area contributed by atoms with Gasteiger partial charge >= 0.3 is 0 Å². The number of likely N-dealkylation sites (tertiary alicyclic amines) is 1. The van der Waals surface area contributed by atoms with Crippen molar-refractivity contribution in [2.45, 2.75) is 38.7 Å². The average molecular weight is 440 g/mol. The Morgan fingerprint density at radius 3 is 2.31 bits per heavy atom. The summed E-state index contributed by atoms with van der Waals surface area (Å²) in [5, 5.41) is 0. The van der Waals surface area contributed by atoms with Crippen LogP contribution in [0.25, 0.3) is 0 Å². The Hall–Kier alpha value is -3.22. The summed E-state index contributed by atoms with van der Waals surface area (Å²) in [4.78, 5) is 27.5. The van der Waals surface area contributed by atoms with E-state index in [9.17, 15) is 9.59 Å². The van der Waals surface area contributed by atoms with Crippen molar-refractivity contribution in [3.63, 3.8) is 0 Å². The van der Waals surface area contributed by atoms with Gasteiger partial charge in [-0.15, -0.1) is 0 Å². The molecule has 2 aliphatic heterocycles. The Morgan fingerprint density at radius 2 is 1.69 bits per heavy atom. The molecule has 32 heavy (non-hydrogen) atoms. The Balaban J connectivity index is 1.41. The standard InChI is InChI=1S/C25H29NO6/c1-16-9-17(2)11-19(10-16)31-15-23(28)26-7-5-25(6-8-26)14-20(27)24-21(30-4)12-18(29-3)13-22(24)32-25/h9-13H,5-8,14-15H2,1-4H3. The van der Waals surface area contributed by atoms with E-state index in [2.05, 4.69) is 6.07 Å². The molecule has 2 aliphatic rings. The van der Waals surface area contributed by atoms with Gasteiger partial charge in [-0.1, -0.05) is 6.07 Å². The van der Waals surface area contributed by atoms with Crippen molar-refractivity contribution in [1.82, 2.24) is 4.90 Å². The van der Waals surface area contributed by atoms with Crippen LogP contribution in [0.2, 0.25) is 0 Å². The molecule has 1 spiro atoms. The summed E-state index contributed by atoms with van der Waals surface area (Å²) in [5.74, 6) is 2.13. The number of piperidine rings is 1. The minimum Gasteiger partial charge on any atom is -0.496 e. The van der Waals surface area contributed by atoms with Crippen LogP contribution in [0.3, 0.4) is 0 Å². The lowest BCUT2D eigenvalue weighted by Crippen LogP contribution is -2.53. The Kier molecular flexibility index (Phi) is 6.00. The van der Waals surface area contributed by atoms with E-state index in [0.717, 1.165) is 11.1 Å². The molecule has 1 saturated heterocycles. The van der Waals surface area contributed by atoms with Crippen LogP contribution < -0.4 is 18.9 Å². The first kappa shape index (κ1) is 22.0. The third-order valence-corrected chi connectivity index (χ3v) is 6.17. The Bertz CT molecular complexity index is 1020. The maximum Gasteiger partial charge on any atom is 0.260 e. The molecule has 0 unspecified atom stereocenters. The summed E-state index contributed by atoms with van der Waals surface area (Å²) >= 11 is 0. The summed E-state index contributed by atoms with van der Waals surface area (Å²) in [6.45, 7) is 5.02. The van der Waals surface area contributed by atoms with Crippen LogP contribution in [-0.4, -0.2) is 56.1 Å². The lowest BCUT2D eigenvalue weighted by molar-refractivity contribution is -0.136. The molecule has 0 atom stereocenters. The molecule has 0 saturated carbocycles. The highest BCUT2D eigenvalue weighted by Gasteiger charge is 2.45. The summed E-state index contributed by atoms with van der Waals surface area (Å²) in [6, 6.07) is 9.33. The monoisotopic (exact) mass is 439 g/mol. The molecule has 1 amide bonds. The first-order valence-corrected chi connectivity index (χ1v) is 10.8. The van der Waals surface area contributed by atoms with Crippen molar-refractivity contribution in [2.75, 3.05) is 33.9 Å². The Morgan fingerprint density at radius 1 is 1.00 bits per heavy atom. The zero-order chi connectivity index (χ0) is 22.9. The van der Waals surface area contributed by atoms with Crippen LogP contribution >= 0.6 is 0 Å². The molecule has 7 nitrogen and oxygen atoms in total. The summed E-state index contributed by atoms with van der Waals surface area (Å²) in [6.07, 6.45) is 1.42. The van der Waals surface area contributed by atoms with Crippen molar-refractivity contribution < 1.29 is 28.5 Å². The highest BCUT2D eigenvalue weighted by atomic mass is 16.5. The first-order valence-electron chi connectivity index (χ1n) is 10.8. The fourth-order valence-corrected chi connectivity index (χ4v) is 4.55. The van der Waals surface area contributed by atoms with Crippen molar-refractivity contribution in [2.24, 2.45) is 0 Å². The molecule has 4 rings (SSSR count). The molecule has 0 N–H and O–H groups in total. The maximum absolute atomic E-state index is 13.0. The summed E-state index contributed by atoms with van der Waals surface area (Å²) in [5.41, 5.74) is 2.03. The first-order chi connectivity index (χ1) is 15.3. The second-order valence-corrected chi connectivity index (χ2v) is 8.58. The molecule has 2 aromatic carbocycles. The van der Waals surface area contributed by atoms with Gasteiger partial charge in [-0.3, -0.25) is 9.59 Å². The van der Waals surface area contributed by atoms with Crippen LogP contribution in [-0.2, 0) is 4.79 Å². The molecule has 2 heterocycles. The molecule has 0 aliphatic carbocycles. The highest BCUT2D eigenvalue weighted by molar-refractivity contribution is 6.03. The number of fused-ring (bicyclic) bond motifs is 1. The van der Waals surface area contributed by atoms with Gasteiger partial charge in [0, 0.05) is 38.1 Å². The van der Waals surface area contributed by atoms with Gasteiger partial charge < -0.3 is 23.8 Å². The fraction of sp³-hybridized carbons (Fsp3) is 0.440. The van der Waals surface area contributed by atoms with Gasteiger partial charge in [0.15, 0.2) is 12.4 Å². The van der Waals surface area contributed by atoms with E-state index < -0.39 is 5.60 Å². The number of carbonyl (C=O) groups is 2. The van der Waals surface area contributed by atoms with Gasteiger partial charge in [0.25, 0.3) is 5.91 Å². The normalized spacial score (nSPS) is 16.9. The molecule has 0 bridgehead atoms. The predicted octanol–water partition coefficient (Wildman–Crippen LogP) is 3.73. The number of benzene rings is 2. The van der Waals surface area contributed by atoms with Gasteiger partial charge in [0.05, 0.1) is 20.6 Å². The second-order valence-electron chi connectivity index (χ2n) is 8.58. The molecule has 1 fully saturated rings.